The molecule has 1 fully saturated rings. The van der Waals surface area contributed by atoms with Crippen molar-refractivity contribution in [2.24, 2.45) is 5.73 Å². The summed E-state index contributed by atoms with van der Waals surface area (Å²) in [4.78, 5) is 0.248. The van der Waals surface area contributed by atoms with Gasteiger partial charge in [-0.3, -0.25) is 5.41 Å². The van der Waals surface area contributed by atoms with Gasteiger partial charge in [-0.05, 0) is 25.0 Å². The molecule has 5 heteroatoms. The van der Waals surface area contributed by atoms with Crippen molar-refractivity contribution in [2.75, 3.05) is 0 Å². The lowest BCUT2D eigenvalue weighted by molar-refractivity contribution is 0.589. The van der Waals surface area contributed by atoms with E-state index >= 15 is 0 Å². The Labute approximate surface area is 88.5 Å². The third kappa shape index (κ3) is 1.34. The molecule has 0 bridgehead atoms. The average Bonchev–Trinajstić information content (AvgIpc) is 3.00. The van der Waals surface area contributed by atoms with E-state index < -0.39 is 14.6 Å². The standard InChI is InChI=1S/C10H12N2O2S/c11-9(12)10(6-7-10)15(13,14)8-4-2-1-3-5-8/h1-5H,6-7H2,(H3,11,12). The highest BCUT2D eigenvalue weighted by Gasteiger charge is 2.57. The fourth-order valence-electron chi connectivity index (χ4n) is 1.62. The number of rotatable bonds is 3. The minimum atomic E-state index is -3.48. The van der Waals surface area contributed by atoms with Crippen LogP contribution in [0.25, 0.3) is 0 Å². The maximum absolute atomic E-state index is 12.1. The molecule has 0 atom stereocenters. The van der Waals surface area contributed by atoms with Crippen molar-refractivity contribution in [3.63, 3.8) is 0 Å². The summed E-state index contributed by atoms with van der Waals surface area (Å²) in [7, 11) is -3.48. The Morgan fingerprint density at radius 1 is 1.27 bits per heavy atom. The maximum Gasteiger partial charge on any atom is 0.191 e. The summed E-state index contributed by atoms with van der Waals surface area (Å²) in [6.07, 6.45) is 0.916. The number of sulfone groups is 1. The van der Waals surface area contributed by atoms with Crippen LogP contribution in [-0.4, -0.2) is 19.0 Å². The highest BCUT2D eigenvalue weighted by atomic mass is 32.2. The summed E-state index contributed by atoms with van der Waals surface area (Å²) >= 11 is 0. The summed E-state index contributed by atoms with van der Waals surface area (Å²) in [6.45, 7) is 0. The summed E-state index contributed by atoms with van der Waals surface area (Å²) < 4.78 is 23.2. The Bertz CT molecular complexity index is 489. The second-order valence-electron chi connectivity index (χ2n) is 3.72. The van der Waals surface area contributed by atoms with Crippen LogP contribution >= 0.6 is 0 Å². The van der Waals surface area contributed by atoms with E-state index in [1.165, 1.54) is 0 Å². The first-order chi connectivity index (χ1) is 7.01. The zero-order chi connectivity index (χ0) is 11.1. The van der Waals surface area contributed by atoms with E-state index in [1.807, 2.05) is 0 Å². The minimum absolute atomic E-state index is 0.244. The average molecular weight is 224 g/mol. The molecule has 0 spiro atoms. The molecule has 1 aromatic carbocycles. The lowest BCUT2D eigenvalue weighted by Crippen LogP contribution is -2.37. The molecule has 0 aliphatic heterocycles. The first-order valence-corrected chi connectivity index (χ1v) is 6.13. The van der Waals surface area contributed by atoms with E-state index in [-0.39, 0.29) is 10.7 Å². The van der Waals surface area contributed by atoms with Gasteiger partial charge in [0.1, 0.15) is 10.6 Å². The zero-order valence-electron chi connectivity index (χ0n) is 8.10. The van der Waals surface area contributed by atoms with Gasteiger partial charge in [0.05, 0.1) is 4.90 Å². The van der Waals surface area contributed by atoms with Crippen molar-refractivity contribution in [1.82, 2.24) is 0 Å². The van der Waals surface area contributed by atoms with Gasteiger partial charge < -0.3 is 5.73 Å². The summed E-state index contributed by atoms with van der Waals surface area (Å²) in [5.74, 6) is -0.244. The molecule has 0 saturated heterocycles. The molecule has 0 heterocycles. The van der Waals surface area contributed by atoms with Crippen LogP contribution < -0.4 is 5.73 Å². The normalized spacial score (nSPS) is 18.4. The summed E-state index contributed by atoms with van der Waals surface area (Å²) in [5.41, 5.74) is 5.36. The summed E-state index contributed by atoms with van der Waals surface area (Å²) in [5, 5.41) is 7.36. The topological polar surface area (TPSA) is 84.0 Å². The van der Waals surface area contributed by atoms with Crippen LogP contribution in [0.15, 0.2) is 35.2 Å². The van der Waals surface area contributed by atoms with Crippen molar-refractivity contribution in [3.8, 4) is 0 Å². The van der Waals surface area contributed by atoms with E-state index in [1.54, 1.807) is 30.3 Å². The number of hydrogen-bond acceptors (Lipinski definition) is 3. The van der Waals surface area contributed by atoms with Crippen molar-refractivity contribution < 1.29 is 8.42 Å². The van der Waals surface area contributed by atoms with Gasteiger partial charge in [-0.2, -0.15) is 0 Å². The first-order valence-electron chi connectivity index (χ1n) is 4.65. The Morgan fingerprint density at radius 2 is 1.80 bits per heavy atom. The van der Waals surface area contributed by atoms with Gasteiger partial charge in [0, 0.05) is 0 Å². The van der Waals surface area contributed by atoms with Crippen molar-refractivity contribution >= 4 is 15.7 Å². The van der Waals surface area contributed by atoms with Gasteiger partial charge in [0.2, 0.25) is 0 Å². The first kappa shape index (κ1) is 10.2. The smallest absolute Gasteiger partial charge is 0.191 e. The Morgan fingerprint density at radius 3 is 2.20 bits per heavy atom. The third-order valence-corrected chi connectivity index (χ3v) is 5.31. The van der Waals surface area contributed by atoms with Crippen LogP contribution in [0.3, 0.4) is 0 Å². The van der Waals surface area contributed by atoms with Crippen LogP contribution in [0, 0.1) is 5.41 Å². The molecule has 0 unspecified atom stereocenters. The molecule has 0 radical (unpaired) electrons. The van der Waals surface area contributed by atoms with Crippen molar-refractivity contribution in [1.29, 1.82) is 5.41 Å². The summed E-state index contributed by atoms with van der Waals surface area (Å²) in [6, 6.07) is 8.18. The highest BCUT2D eigenvalue weighted by Crippen LogP contribution is 2.46. The number of nitrogens with one attached hydrogen (secondary N) is 1. The molecular formula is C10H12N2O2S. The highest BCUT2D eigenvalue weighted by molar-refractivity contribution is 7.94. The van der Waals surface area contributed by atoms with Crippen LogP contribution in [0.1, 0.15) is 12.8 Å². The molecule has 2 rings (SSSR count). The van der Waals surface area contributed by atoms with Gasteiger partial charge >= 0.3 is 0 Å². The Balaban J connectivity index is 2.50. The van der Waals surface area contributed by atoms with E-state index in [2.05, 4.69) is 0 Å². The molecular weight excluding hydrogens is 212 g/mol. The molecule has 0 amide bonds. The number of hydrogen-bond donors (Lipinski definition) is 2. The van der Waals surface area contributed by atoms with Crippen LogP contribution in [-0.2, 0) is 9.84 Å². The zero-order valence-corrected chi connectivity index (χ0v) is 8.92. The van der Waals surface area contributed by atoms with Crippen molar-refractivity contribution in [3.05, 3.63) is 30.3 Å². The molecule has 1 aromatic rings. The van der Waals surface area contributed by atoms with Crippen LogP contribution in [0.2, 0.25) is 0 Å². The maximum atomic E-state index is 12.1. The molecule has 0 aromatic heterocycles. The third-order valence-electron chi connectivity index (χ3n) is 2.76. The van der Waals surface area contributed by atoms with E-state index in [0.29, 0.717) is 12.8 Å². The SMILES string of the molecule is N=C(N)C1(S(=O)(=O)c2ccccc2)CC1. The molecule has 80 valence electrons. The molecule has 1 aliphatic rings. The number of benzene rings is 1. The monoisotopic (exact) mass is 224 g/mol. The predicted octanol–water partition coefficient (Wildman–Crippen LogP) is 0.929. The number of nitrogens with two attached hydrogens (primary N) is 1. The predicted molar refractivity (Wildman–Crippen MR) is 57.5 cm³/mol. The lowest BCUT2D eigenvalue weighted by Gasteiger charge is -2.14. The van der Waals surface area contributed by atoms with E-state index in [9.17, 15) is 8.42 Å². The molecule has 3 N–H and O–H groups in total. The van der Waals surface area contributed by atoms with Crippen molar-refractivity contribution in [2.45, 2.75) is 22.5 Å². The second kappa shape index (κ2) is 3.06. The van der Waals surface area contributed by atoms with Crippen LogP contribution in [0.4, 0.5) is 0 Å². The quantitative estimate of drug-likeness (QED) is 0.591. The molecule has 1 aliphatic carbocycles. The fourth-order valence-corrected chi connectivity index (χ4v) is 3.52. The number of amidine groups is 1. The minimum Gasteiger partial charge on any atom is -0.386 e. The van der Waals surface area contributed by atoms with Crippen LogP contribution in [0.5, 0.6) is 0 Å². The lowest BCUT2D eigenvalue weighted by atomic mass is 10.4. The Kier molecular flexibility index (Phi) is 2.08. The van der Waals surface area contributed by atoms with E-state index in [4.69, 9.17) is 11.1 Å². The van der Waals surface area contributed by atoms with E-state index in [0.717, 1.165) is 0 Å². The van der Waals surface area contributed by atoms with Gasteiger partial charge in [-0.15, -0.1) is 0 Å². The Hall–Kier alpha value is -1.36. The van der Waals surface area contributed by atoms with Gasteiger partial charge in [-0.25, -0.2) is 8.42 Å². The largest absolute Gasteiger partial charge is 0.386 e. The molecule has 1 saturated carbocycles. The van der Waals surface area contributed by atoms with Gasteiger partial charge in [0.15, 0.2) is 9.84 Å². The fraction of sp³-hybridized carbons (Fsp3) is 0.300. The van der Waals surface area contributed by atoms with Gasteiger partial charge in [-0.1, -0.05) is 18.2 Å². The molecule has 4 nitrogen and oxygen atoms in total. The van der Waals surface area contributed by atoms with Gasteiger partial charge in [0.25, 0.3) is 0 Å². The second-order valence-corrected chi connectivity index (χ2v) is 5.98. The molecule has 15 heavy (non-hydrogen) atoms.